The molecule has 2 aromatic carbocycles. The van der Waals surface area contributed by atoms with Crippen molar-refractivity contribution in [1.82, 2.24) is 15.1 Å². The highest BCUT2D eigenvalue weighted by Gasteiger charge is 2.46. The molecule has 2 aromatic rings. The summed E-state index contributed by atoms with van der Waals surface area (Å²) in [5.74, 6) is -2.35. The molecule has 0 saturated carbocycles. The number of carbonyl (C=O) groups excluding carboxylic acids is 4. The Hall–Kier alpha value is -3.68. The van der Waals surface area contributed by atoms with Crippen molar-refractivity contribution in [2.45, 2.75) is 31.5 Å². The number of nitrogens with one attached hydrogen (secondary N) is 1. The summed E-state index contributed by atoms with van der Waals surface area (Å²) in [7, 11) is 0. The van der Waals surface area contributed by atoms with E-state index in [0.717, 1.165) is 16.0 Å². The molecule has 30 heavy (non-hydrogen) atoms. The first kappa shape index (κ1) is 19.6. The number of amides is 4. The predicted octanol–water partition coefficient (Wildman–Crippen LogP) is 0.373. The third kappa shape index (κ3) is 3.63. The van der Waals surface area contributed by atoms with Gasteiger partial charge in [-0.25, -0.2) is 4.79 Å². The van der Waals surface area contributed by atoms with E-state index < -0.39 is 30.0 Å². The molecule has 1 saturated heterocycles. The number of carboxylic acid groups (broad SMARTS) is 1. The van der Waals surface area contributed by atoms with Crippen LogP contribution >= 0.6 is 0 Å². The van der Waals surface area contributed by atoms with Gasteiger partial charge < -0.3 is 20.1 Å². The fourth-order valence-corrected chi connectivity index (χ4v) is 3.95. The van der Waals surface area contributed by atoms with Crippen LogP contribution in [0.2, 0.25) is 0 Å². The van der Waals surface area contributed by atoms with Crippen LogP contribution in [0.5, 0.6) is 0 Å². The Morgan fingerprint density at radius 1 is 1.03 bits per heavy atom. The molecule has 8 heteroatoms. The van der Waals surface area contributed by atoms with Crippen LogP contribution in [0, 0.1) is 0 Å². The van der Waals surface area contributed by atoms with Crippen LogP contribution in [-0.2, 0) is 27.3 Å². The van der Waals surface area contributed by atoms with Crippen molar-refractivity contribution >= 4 is 23.8 Å². The lowest BCUT2D eigenvalue weighted by molar-refractivity contribution is -0.308. The van der Waals surface area contributed by atoms with Crippen molar-refractivity contribution in [3.63, 3.8) is 0 Å². The number of carbonyl (C=O) groups is 4. The van der Waals surface area contributed by atoms with Gasteiger partial charge in [0.15, 0.2) is 0 Å². The van der Waals surface area contributed by atoms with Crippen LogP contribution in [0.4, 0.5) is 4.79 Å². The summed E-state index contributed by atoms with van der Waals surface area (Å²) in [5.41, 5.74) is 2.43. The second-order valence-electron chi connectivity index (χ2n) is 7.37. The highest BCUT2D eigenvalue weighted by atomic mass is 16.4. The molecule has 2 aliphatic heterocycles. The molecule has 154 valence electrons. The number of nitrogens with zero attached hydrogens (tertiary/aromatic N) is 2. The topological polar surface area (TPSA) is 110 Å². The number of carboxylic acids is 1. The van der Waals surface area contributed by atoms with Crippen molar-refractivity contribution in [1.29, 1.82) is 0 Å². The molecule has 2 atom stereocenters. The maximum atomic E-state index is 12.8. The van der Waals surface area contributed by atoms with Gasteiger partial charge in [-0.15, -0.1) is 0 Å². The molecular weight excluding hydrogens is 386 g/mol. The quantitative estimate of drug-likeness (QED) is 0.697. The van der Waals surface area contributed by atoms with Crippen LogP contribution in [0.3, 0.4) is 0 Å². The lowest BCUT2D eigenvalue weighted by Gasteiger charge is -2.28. The number of benzene rings is 2. The molecule has 0 unspecified atom stereocenters. The minimum absolute atomic E-state index is 0.110. The minimum atomic E-state index is -1.43. The predicted molar refractivity (Wildman–Crippen MR) is 104 cm³/mol. The third-order valence-corrected chi connectivity index (χ3v) is 5.51. The van der Waals surface area contributed by atoms with E-state index in [4.69, 9.17) is 0 Å². The number of urea groups is 1. The Morgan fingerprint density at radius 3 is 2.40 bits per heavy atom. The first-order valence-electron chi connectivity index (χ1n) is 9.69. The van der Waals surface area contributed by atoms with Gasteiger partial charge in [0.1, 0.15) is 6.04 Å². The summed E-state index contributed by atoms with van der Waals surface area (Å²) >= 11 is 0. The Labute approximate surface area is 173 Å². The van der Waals surface area contributed by atoms with Crippen molar-refractivity contribution in [2.24, 2.45) is 0 Å². The summed E-state index contributed by atoms with van der Waals surface area (Å²) < 4.78 is 0. The molecule has 0 spiro atoms. The van der Waals surface area contributed by atoms with Crippen molar-refractivity contribution in [3.8, 4) is 0 Å². The van der Waals surface area contributed by atoms with Gasteiger partial charge in [0.25, 0.3) is 5.91 Å². The van der Waals surface area contributed by atoms with Crippen LogP contribution in [-0.4, -0.2) is 46.2 Å². The maximum Gasteiger partial charge on any atom is 0.327 e. The number of imide groups is 1. The van der Waals surface area contributed by atoms with E-state index in [0.29, 0.717) is 18.5 Å². The van der Waals surface area contributed by atoms with E-state index in [2.05, 4.69) is 5.32 Å². The van der Waals surface area contributed by atoms with Gasteiger partial charge in [-0.3, -0.25) is 14.5 Å². The van der Waals surface area contributed by atoms with Crippen LogP contribution < -0.4 is 10.4 Å². The number of hydrogen-bond donors (Lipinski definition) is 1. The molecule has 0 aliphatic carbocycles. The fraction of sp³-hybridized carbons (Fsp3) is 0.273. The smallest absolute Gasteiger partial charge is 0.327 e. The zero-order valence-corrected chi connectivity index (χ0v) is 16.1. The molecular formula is C22H20N3O5-. The summed E-state index contributed by atoms with van der Waals surface area (Å²) in [5, 5.41) is 13.8. The Morgan fingerprint density at radius 2 is 1.70 bits per heavy atom. The average molecular weight is 406 g/mol. The van der Waals surface area contributed by atoms with Crippen molar-refractivity contribution in [3.05, 3.63) is 71.3 Å². The first-order valence-corrected chi connectivity index (χ1v) is 9.69. The van der Waals surface area contributed by atoms with Crippen LogP contribution in [0.1, 0.15) is 29.2 Å². The number of aliphatic carboxylic acids is 1. The van der Waals surface area contributed by atoms with Crippen molar-refractivity contribution < 1.29 is 24.3 Å². The second kappa shape index (κ2) is 7.98. The Kier molecular flexibility index (Phi) is 5.22. The van der Waals surface area contributed by atoms with E-state index in [1.54, 1.807) is 30.3 Å². The van der Waals surface area contributed by atoms with Gasteiger partial charge in [-0.1, -0.05) is 54.6 Å². The van der Waals surface area contributed by atoms with Crippen LogP contribution in [0.15, 0.2) is 54.6 Å². The van der Waals surface area contributed by atoms with Gasteiger partial charge in [0.2, 0.25) is 5.91 Å². The largest absolute Gasteiger partial charge is 0.548 e. The van der Waals surface area contributed by atoms with E-state index in [-0.39, 0.29) is 18.9 Å². The molecule has 1 N–H and O–H groups in total. The summed E-state index contributed by atoms with van der Waals surface area (Å²) in [6.07, 6.45) is 0.256. The molecule has 0 radical (unpaired) electrons. The molecule has 8 nitrogen and oxygen atoms in total. The normalized spacial score (nSPS) is 18.6. The molecule has 0 bridgehead atoms. The van der Waals surface area contributed by atoms with Gasteiger partial charge in [-0.05, 0) is 16.7 Å². The van der Waals surface area contributed by atoms with Crippen LogP contribution in [0.25, 0.3) is 0 Å². The van der Waals surface area contributed by atoms with Gasteiger partial charge in [-0.2, -0.15) is 0 Å². The fourth-order valence-electron chi connectivity index (χ4n) is 3.95. The minimum Gasteiger partial charge on any atom is -0.548 e. The lowest BCUT2D eigenvalue weighted by atomic mass is 9.95. The zero-order valence-electron chi connectivity index (χ0n) is 16.1. The number of hydrogen-bond acceptors (Lipinski definition) is 5. The van der Waals surface area contributed by atoms with Gasteiger partial charge in [0, 0.05) is 25.9 Å². The van der Waals surface area contributed by atoms with Gasteiger partial charge >= 0.3 is 6.03 Å². The van der Waals surface area contributed by atoms with Crippen molar-refractivity contribution in [2.75, 3.05) is 6.54 Å². The SMILES string of the molecule is O=C(CCN1C(=O)[C@@H]2Cc3ccccc3CN2C1=O)N[C@@H](C(=O)[O-])c1ccccc1. The molecule has 0 aromatic heterocycles. The van der Waals surface area contributed by atoms with E-state index in [1.165, 1.54) is 4.90 Å². The van der Waals surface area contributed by atoms with E-state index >= 15 is 0 Å². The van der Waals surface area contributed by atoms with Gasteiger partial charge in [0.05, 0.1) is 12.0 Å². The summed E-state index contributed by atoms with van der Waals surface area (Å²) in [6, 6.07) is 13.6. The van der Waals surface area contributed by atoms with E-state index in [9.17, 15) is 24.3 Å². The zero-order chi connectivity index (χ0) is 21.3. The highest BCUT2D eigenvalue weighted by Crippen LogP contribution is 2.30. The molecule has 1 fully saturated rings. The molecule has 2 aliphatic rings. The Bertz CT molecular complexity index is 964. The number of fused-ring (bicyclic) bond motifs is 2. The van der Waals surface area contributed by atoms with E-state index in [1.807, 2.05) is 24.3 Å². The molecule has 2 heterocycles. The summed E-state index contributed by atoms with van der Waals surface area (Å²) in [4.78, 5) is 51.8. The standard InChI is InChI=1S/C22H21N3O5/c26-18(23-19(21(28)29)14-6-2-1-3-7-14)10-11-24-20(27)17-12-15-8-4-5-9-16(15)13-25(17)22(24)30/h1-9,17,19H,10-13H2,(H,23,26)(H,28,29)/p-1/t17-,19+/m0/s1. The molecule has 4 rings (SSSR count). The maximum absolute atomic E-state index is 12.8. The first-order chi connectivity index (χ1) is 14.5. The summed E-state index contributed by atoms with van der Waals surface area (Å²) in [6.45, 7) is 0.246. The molecule has 4 amide bonds. The number of rotatable bonds is 6. The average Bonchev–Trinajstić information content (AvgIpc) is 2.98. The second-order valence-corrected chi connectivity index (χ2v) is 7.37. The monoisotopic (exact) mass is 406 g/mol. The third-order valence-electron chi connectivity index (χ3n) is 5.51. The lowest BCUT2D eigenvalue weighted by Crippen LogP contribution is -2.42. The Balaban J connectivity index is 1.39. The highest BCUT2D eigenvalue weighted by molar-refractivity contribution is 6.05.